The number of amides is 1. The lowest BCUT2D eigenvalue weighted by molar-refractivity contribution is -0.117. The fourth-order valence-corrected chi connectivity index (χ4v) is 0.421. The van der Waals surface area contributed by atoms with E-state index < -0.39 is 11.0 Å². The molecule has 6 heteroatoms. The minimum Gasteiger partial charge on any atom is -0.348 e. The molecule has 0 unspecified atom stereocenters. The van der Waals surface area contributed by atoms with E-state index in [0.717, 1.165) is 0 Å². The van der Waals surface area contributed by atoms with Gasteiger partial charge in [0.25, 0.3) is 11.0 Å². The highest BCUT2D eigenvalue weighted by Crippen LogP contribution is 1.97. The number of rotatable bonds is 1. The summed E-state index contributed by atoms with van der Waals surface area (Å²) in [7, 11) is -3.12. The molecular weight excluding hydrogens is 194 g/mol. The molecule has 78 valence electrons. The van der Waals surface area contributed by atoms with E-state index in [1.54, 1.807) is 0 Å². The largest absolute Gasteiger partial charge is 0.348 e. The Balaban J connectivity index is 0. The number of carbonyl (C=O) groups excluding carboxylic acids is 1. The van der Waals surface area contributed by atoms with Crippen molar-refractivity contribution in [1.82, 2.24) is 5.32 Å². The summed E-state index contributed by atoms with van der Waals surface area (Å²) in [6.07, 6.45) is 1.27. The zero-order valence-electron chi connectivity index (χ0n) is 7.90. The van der Waals surface area contributed by atoms with Crippen LogP contribution in [0.2, 0.25) is 0 Å². The molecule has 0 saturated carbocycles. The molecule has 2 N–H and O–H groups in total. The number of hydrogen-bond donors (Lipinski definition) is 3. The molecule has 0 aliphatic carbocycles. The molecule has 0 aromatic rings. The highest BCUT2D eigenvalue weighted by molar-refractivity contribution is 7.66. The lowest BCUT2D eigenvalue weighted by atomic mass is 10.1. The van der Waals surface area contributed by atoms with Gasteiger partial charge in [0.15, 0.2) is 0 Å². The van der Waals surface area contributed by atoms with Gasteiger partial charge in [-0.3, -0.25) is 9.35 Å². The molecule has 0 fully saturated rings. The van der Waals surface area contributed by atoms with E-state index in [9.17, 15) is 4.79 Å². The molecule has 0 atom stereocenters. The molecule has 0 bridgehead atoms. The van der Waals surface area contributed by atoms with Crippen LogP contribution in [0.1, 0.15) is 20.8 Å². The molecule has 13 heavy (non-hydrogen) atoms. The normalized spacial score (nSPS) is 9.92. The first kappa shape index (κ1) is 14.6. The summed E-state index contributed by atoms with van der Waals surface area (Å²) in [4.78, 5) is 10.6. The first-order chi connectivity index (χ1) is 5.69. The van der Waals surface area contributed by atoms with Gasteiger partial charge in [0.1, 0.15) is 0 Å². The molecule has 5 nitrogen and oxygen atoms in total. The monoisotopic (exact) mass is 209 g/mol. The zero-order chi connectivity index (χ0) is 11.1. The predicted molar refractivity (Wildman–Crippen MR) is 51.0 cm³/mol. The summed E-state index contributed by atoms with van der Waals surface area (Å²) in [6, 6.07) is 0. The van der Waals surface area contributed by atoms with Gasteiger partial charge in [-0.2, -0.15) is 0 Å². The van der Waals surface area contributed by atoms with Gasteiger partial charge >= 0.3 is 0 Å². The van der Waals surface area contributed by atoms with Crippen molar-refractivity contribution in [2.24, 2.45) is 0 Å². The van der Waals surface area contributed by atoms with Gasteiger partial charge in [-0.05, 0) is 26.8 Å². The van der Waals surface area contributed by atoms with Gasteiger partial charge in [-0.1, -0.05) is 6.58 Å². The summed E-state index contributed by atoms with van der Waals surface area (Å²) in [6.45, 7) is 9.11. The third-order valence-corrected chi connectivity index (χ3v) is 0.684. The second-order valence-electron chi connectivity index (χ2n) is 3.18. The van der Waals surface area contributed by atoms with E-state index in [1.807, 2.05) is 20.8 Å². The number of nitrogens with one attached hydrogen (secondary N) is 1. The Bertz CT molecular complexity index is 231. The van der Waals surface area contributed by atoms with Crippen molar-refractivity contribution >= 4 is 16.9 Å². The number of carbonyl (C=O) groups is 1. The van der Waals surface area contributed by atoms with Gasteiger partial charge in [0, 0.05) is 5.54 Å². The van der Waals surface area contributed by atoms with E-state index in [1.165, 1.54) is 6.08 Å². The first-order valence-electron chi connectivity index (χ1n) is 3.47. The van der Waals surface area contributed by atoms with Gasteiger partial charge in [0.05, 0.1) is 0 Å². The van der Waals surface area contributed by atoms with E-state index in [2.05, 4.69) is 11.9 Å². The Morgan fingerprint density at radius 3 is 1.85 bits per heavy atom. The van der Waals surface area contributed by atoms with Crippen LogP contribution in [0.5, 0.6) is 0 Å². The summed E-state index contributed by atoms with van der Waals surface area (Å²) in [5, 5.41) is 2.71. The van der Waals surface area contributed by atoms with Gasteiger partial charge in [0.2, 0.25) is 5.91 Å². The quantitative estimate of drug-likeness (QED) is 0.326. The Kier molecular flexibility index (Phi) is 7.45. The van der Waals surface area contributed by atoms with Crippen molar-refractivity contribution in [2.75, 3.05) is 0 Å². The third kappa shape index (κ3) is 24.7. The molecule has 0 heterocycles. The molecule has 0 aliphatic heterocycles. The Morgan fingerprint density at radius 1 is 1.46 bits per heavy atom. The van der Waals surface area contributed by atoms with Crippen LogP contribution in [0, 0.1) is 0 Å². The molecule has 0 aromatic heterocycles. The van der Waals surface area contributed by atoms with Crippen LogP contribution >= 0.6 is 0 Å². The highest BCUT2D eigenvalue weighted by atomic mass is 32.2. The van der Waals surface area contributed by atoms with Gasteiger partial charge in [-0.15, -0.1) is 0 Å². The summed E-state index contributed by atoms with van der Waals surface area (Å²) >= 11 is 0. The molecule has 0 spiro atoms. The van der Waals surface area contributed by atoms with E-state index in [4.69, 9.17) is 13.0 Å². The van der Waals surface area contributed by atoms with E-state index in [-0.39, 0.29) is 11.4 Å². The average Bonchev–Trinajstić information content (AvgIpc) is 1.82. The van der Waals surface area contributed by atoms with Gasteiger partial charge in [-0.25, -0.2) is 8.42 Å². The van der Waals surface area contributed by atoms with Crippen molar-refractivity contribution in [3.8, 4) is 0 Å². The maximum atomic E-state index is 10.6. The molecular formula is C7H15NO4S. The van der Waals surface area contributed by atoms with Crippen molar-refractivity contribution in [3.05, 3.63) is 12.7 Å². The van der Waals surface area contributed by atoms with Crippen LogP contribution in [0.3, 0.4) is 0 Å². The van der Waals surface area contributed by atoms with Gasteiger partial charge < -0.3 is 5.32 Å². The van der Waals surface area contributed by atoms with Crippen LogP contribution < -0.4 is 5.32 Å². The minimum absolute atomic E-state index is 0.123. The lowest BCUT2D eigenvalue weighted by Crippen LogP contribution is -2.39. The smallest absolute Gasteiger partial charge is 0.254 e. The highest BCUT2D eigenvalue weighted by Gasteiger charge is 2.10. The number of hydrogen-bond acceptors (Lipinski definition) is 3. The first-order valence-corrected chi connectivity index (χ1v) is 4.60. The van der Waals surface area contributed by atoms with Crippen molar-refractivity contribution < 1.29 is 17.8 Å². The summed E-state index contributed by atoms with van der Waals surface area (Å²) in [5.74, 6) is -0.123. The van der Waals surface area contributed by atoms with Crippen molar-refractivity contribution in [3.63, 3.8) is 0 Å². The Morgan fingerprint density at radius 2 is 1.77 bits per heavy atom. The molecule has 0 saturated heterocycles. The lowest BCUT2D eigenvalue weighted by Gasteiger charge is -2.18. The molecule has 0 radical (unpaired) electrons. The standard InChI is InChI=1S/C7H13NO.H2O3S/c1-5-6(9)8-7(2,3)4;1-4(2)3/h5H,1H2,2-4H3,(H,8,9);4H,(H,1,2,3). The summed E-state index contributed by atoms with van der Waals surface area (Å²) < 4.78 is 24.2. The second kappa shape index (κ2) is 6.62. The van der Waals surface area contributed by atoms with Crippen LogP contribution in [0.15, 0.2) is 12.7 Å². The zero-order valence-corrected chi connectivity index (χ0v) is 8.80. The molecule has 1 amide bonds. The SMILES string of the molecule is C=CC(=O)NC(C)(C)C.O=[SH](=O)O. The minimum atomic E-state index is -3.12. The average molecular weight is 209 g/mol. The molecule has 0 rings (SSSR count). The van der Waals surface area contributed by atoms with Crippen molar-refractivity contribution in [2.45, 2.75) is 26.3 Å². The topological polar surface area (TPSA) is 83.5 Å². The predicted octanol–water partition coefficient (Wildman–Crippen LogP) is 0.158. The fraction of sp³-hybridized carbons (Fsp3) is 0.571. The second-order valence-corrected chi connectivity index (χ2v) is 3.66. The van der Waals surface area contributed by atoms with Crippen LogP contribution in [0.4, 0.5) is 0 Å². The van der Waals surface area contributed by atoms with E-state index >= 15 is 0 Å². The third-order valence-electron chi connectivity index (χ3n) is 0.684. The summed E-state index contributed by atoms with van der Waals surface area (Å²) in [5.41, 5.74) is -0.148. The van der Waals surface area contributed by atoms with Crippen LogP contribution in [0.25, 0.3) is 0 Å². The maximum Gasteiger partial charge on any atom is 0.254 e. The molecule has 0 aliphatic rings. The Hall–Kier alpha value is -0.880. The number of thiol groups is 1. The maximum absolute atomic E-state index is 10.6. The Labute approximate surface area is 79.6 Å². The van der Waals surface area contributed by atoms with Crippen LogP contribution in [-0.2, 0) is 15.8 Å². The van der Waals surface area contributed by atoms with Crippen LogP contribution in [-0.4, -0.2) is 24.4 Å². The fourth-order valence-electron chi connectivity index (χ4n) is 0.421. The van der Waals surface area contributed by atoms with E-state index in [0.29, 0.717) is 0 Å². The molecule has 0 aromatic carbocycles. The van der Waals surface area contributed by atoms with Crippen molar-refractivity contribution in [1.29, 1.82) is 0 Å².